The molecule has 0 atom stereocenters. The molecule has 0 fully saturated rings. The van der Waals surface area contributed by atoms with Crippen molar-refractivity contribution >= 4 is 40.5 Å². The Labute approximate surface area is 228 Å². The van der Waals surface area contributed by atoms with Gasteiger partial charge in [-0.1, -0.05) is 52.1 Å². The molecule has 190 valence electrons. The summed E-state index contributed by atoms with van der Waals surface area (Å²) < 4.78 is 15.1. The molecule has 0 aliphatic heterocycles. The third-order valence-electron chi connectivity index (χ3n) is 5.26. The summed E-state index contributed by atoms with van der Waals surface area (Å²) in [5, 5.41) is 5.05. The van der Waals surface area contributed by atoms with Crippen LogP contribution in [0.1, 0.15) is 22.5 Å². The Morgan fingerprint density at radius 3 is 2.38 bits per heavy atom. The van der Waals surface area contributed by atoms with Crippen molar-refractivity contribution < 1.29 is 9.23 Å². The van der Waals surface area contributed by atoms with Crippen LogP contribution in [0, 0.1) is 5.82 Å². The molecule has 0 bridgehead atoms. The van der Waals surface area contributed by atoms with E-state index in [1.54, 1.807) is 24.3 Å². The third-order valence-corrected chi connectivity index (χ3v) is 6.18. The predicted octanol–water partition coefficient (Wildman–Crippen LogP) is 6.36. The van der Waals surface area contributed by atoms with Crippen LogP contribution in [0.5, 0.6) is 0 Å². The topological polar surface area (TPSA) is 59.7 Å². The summed E-state index contributed by atoms with van der Waals surface area (Å²) in [7, 11) is 3.92. The molecule has 0 unspecified atom stereocenters. The highest BCUT2D eigenvalue weighted by molar-refractivity contribution is 6.38. The second kappa shape index (κ2) is 11.9. The largest absolute Gasteiger partial charge is 0.389 e. The molecule has 4 rings (SSSR count). The van der Waals surface area contributed by atoms with Crippen LogP contribution in [0.4, 0.5) is 4.39 Å². The summed E-state index contributed by atoms with van der Waals surface area (Å²) >= 11 is 19.1. The van der Waals surface area contributed by atoms with E-state index in [4.69, 9.17) is 39.6 Å². The van der Waals surface area contributed by atoms with Gasteiger partial charge in [0, 0.05) is 29.9 Å². The van der Waals surface area contributed by atoms with E-state index in [1.807, 2.05) is 37.2 Å². The first kappa shape index (κ1) is 26.8. The van der Waals surface area contributed by atoms with Gasteiger partial charge in [0.2, 0.25) is 0 Å². The molecule has 10 heteroatoms. The van der Waals surface area contributed by atoms with E-state index in [-0.39, 0.29) is 22.9 Å². The van der Waals surface area contributed by atoms with Gasteiger partial charge in [-0.2, -0.15) is 0 Å². The summed E-state index contributed by atoms with van der Waals surface area (Å²) in [5.41, 5.74) is 2.70. The molecule has 0 radical (unpaired) electrons. The normalized spacial score (nSPS) is 11.7. The Hall–Kier alpha value is -3.23. The lowest BCUT2D eigenvalue weighted by atomic mass is 10.0. The number of oxime groups is 1. The fraction of sp³-hybridized carbons (Fsp3) is 0.148. The maximum absolute atomic E-state index is 13.8. The predicted molar refractivity (Wildman–Crippen MR) is 146 cm³/mol. The monoisotopic (exact) mass is 558 g/mol. The minimum absolute atomic E-state index is 0.0829. The number of pyridine rings is 2. The third kappa shape index (κ3) is 6.56. The van der Waals surface area contributed by atoms with Crippen LogP contribution >= 0.6 is 34.8 Å². The van der Waals surface area contributed by atoms with Gasteiger partial charge in [0.15, 0.2) is 6.61 Å². The highest BCUT2D eigenvalue weighted by Crippen LogP contribution is 2.28. The smallest absolute Gasteiger partial charge is 0.255 e. The first-order chi connectivity index (χ1) is 17.7. The molecule has 37 heavy (non-hydrogen) atoms. The Morgan fingerprint density at radius 2 is 1.68 bits per heavy atom. The SMILES string of the molecule is CN(C)Cc1cccc(CON=C(c2ccc(=O)n(-c3c(Cl)cccc3Cl)c2)c2ccc(F)cc2Cl)n1. The van der Waals surface area contributed by atoms with E-state index < -0.39 is 5.82 Å². The molecule has 0 N–H and O–H groups in total. The molecule has 2 aromatic carbocycles. The quantitative estimate of drug-likeness (QED) is 0.186. The molecule has 2 aromatic heterocycles. The molecule has 4 aromatic rings. The lowest BCUT2D eigenvalue weighted by Crippen LogP contribution is -2.20. The maximum atomic E-state index is 13.8. The number of aromatic nitrogens is 2. The number of nitrogens with zero attached hydrogens (tertiary/aromatic N) is 4. The molecule has 0 spiro atoms. The Kier molecular flexibility index (Phi) is 8.61. The Balaban J connectivity index is 1.75. The molecule has 0 saturated heterocycles. The minimum Gasteiger partial charge on any atom is -0.389 e. The van der Waals surface area contributed by atoms with Crippen molar-refractivity contribution in [2.24, 2.45) is 5.16 Å². The second-order valence-electron chi connectivity index (χ2n) is 8.39. The van der Waals surface area contributed by atoms with E-state index in [2.05, 4.69) is 10.1 Å². The molecular weight excluding hydrogens is 538 g/mol. The van der Waals surface area contributed by atoms with Gasteiger partial charge in [0.25, 0.3) is 5.56 Å². The van der Waals surface area contributed by atoms with Crippen LogP contribution < -0.4 is 5.56 Å². The van der Waals surface area contributed by atoms with Crippen molar-refractivity contribution in [2.45, 2.75) is 13.2 Å². The first-order valence-electron chi connectivity index (χ1n) is 11.2. The fourth-order valence-corrected chi connectivity index (χ4v) is 4.48. The molecular formula is C27H22Cl3FN4O2. The molecule has 0 aliphatic rings. The van der Waals surface area contributed by atoms with Gasteiger partial charge >= 0.3 is 0 Å². The number of halogens is 4. The lowest BCUT2D eigenvalue weighted by Gasteiger charge is -2.14. The standard InChI is InChI=1S/C27H22Cl3FN4O2/c1-34(2)15-19-5-3-6-20(32-19)16-37-33-26(21-11-10-18(31)13-24(21)30)17-9-12-25(36)35(14-17)27-22(28)7-4-8-23(27)29/h3-14H,15-16H2,1-2H3. The van der Waals surface area contributed by atoms with Crippen molar-refractivity contribution in [2.75, 3.05) is 14.1 Å². The van der Waals surface area contributed by atoms with Crippen molar-refractivity contribution in [1.29, 1.82) is 0 Å². The number of para-hydroxylation sites is 1. The Bertz CT molecular complexity index is 1500. The second-order valence-corrected chi connectivity index (χ2v) is 9.61. The van der Waals surface area contributed by atoms with Gasteiger partial charge in [-0.25, -0.2) is 4.39 Å². The highest BCUT2D eigenvalue weighted by atomic mass is 35.5. The van der Waals surface area contributed by atoms with Crippen LogP contribution in [0.3, 0.4) is 0 Å². The minimum atomic E-state index is -0.497. The van der Waals surface area contributed by atoms with Crippen molar-refractivity contribution in [3.8, 4) is 5.69 Å². The molecule has 0 saturated carbocycles. The number of rotatable bonds is 8. The zero-order chi connectivity index (χ0) is 26.5. The van der Waals surface area contributed by atoms with E-state index in [0.29, 0.717) is 39.1 Å². The van der Waals surface area contributed by atoms with Crippen molar-refractivity contribution in [3.05, 3.63) is 127 Å². The van der Waals surface area contributed by atoms with Gasteiger partial charge in [0.05, 0.1) is 32.1 Å². The lowest BCUT2D eigenvalue weighted by molar-refractivity contribution is 0.128. The van der Waals surface area contributed by atoms with Crippen molar-refractivity contribution in [3.63, 3.8) is 0 Å². The van der Waals surface area contributed by atoms with Crippen LogP contribution in [0.2, 0.25) is 15.1 Å². The van der Waals surface area contributed by atoms with Crippen molar-refractivity contribution in [1.82, 2.24) is 14.5 Å². The van der Waals surface area contributed by atoms with Gasteiger partial charge in [0.1, 0.15) is 11.5 Å². The number of hydrogen-bond donors (Lipinski definition) is 0. The first-order valence-corrected chi connectivity index (χ1v) is 12.3. The van der Waals surface area contributed by atoms with E-state index in [0.717, 1.165) is 5.69 Å². The zero-order valence-electron chi connectivity index (χ0n) is 20.0. The van der Waals surface area contributed by atoms with E-state index in [1.165, 1.54) is 35.0 Å². The summed E-state index contributed by atoms with van der Waals surface area (Å²) in [4.78, 5) is 25.0. The van der Waals surface area contributed by atoms with Crippen LogP contribution in [-0.4, -0.2) is 34.3 Å². The summed E-state index contributed by atoms with van der Waals surface area (Å²) in [6.45, 7) is 0.763. The van der Waals surface area contributed by atoms with Gasteiger partial charge in [-0.05, 0) is 62.6 Å². The van der Waals surface area contributed by atoms with Crippen LogP contribution in [-0.2, 0) is 18.0 Å². The average Bonchev–Trinajstić information content (AvgIpc) is 2.83. The van der Waals surface area contributed by atoms with Gasteiger partial charge in [-0.15, -0.1) is 0 Å². The van der Waals surface area contributed by atoms with Gasteiger partial charge < -0.3 is 9.74 Å². The average molecular weight is 560 g/mol. The summed E-state index contributed by atoms with van der Waals surface area (Å²) in [6, 6.07) is 17.5. The molecule has 6 nitrogen and oxygen atoms in total. The van der Waals surface area contributed by atoms with E-state index >= 15 is 0 Å². The molecule has 0 aliphatic carbocycles. The van der Waals surface area contributed by atoms with Gasteiger partial charge in [-0.3, -0.25) is 14.3 Å². The number of hydrogen-bond acceptors (Lipinski definition) is 5. The number of benzene rings is 2. The molecule has 0 amide bonds. The van der Waals surface area contributed by atoms with E-state index in [9.17, 15) is 9.18 Å². The highest BCUT2D eigenvalue weighted by Gasteiger charge is 2.17. The Morgan fingerprint density at radius 1 is 0.973 bits per heavy atom. The molecule has 2 heterocycles. The summed E-state index contributed by atoms with van der Waals surface area (Å²) in [6.07, 6.45) is 1.53. The fourth-order valence-electron chi connectivity index (χ4n) is 3.64. The summed E-state index contributed by atoms with van der Waals surface area (Å²) in [5.74, 6) is -0.497. The van der Waals surface area contributed by atoms with Crippen LogP contribution in [0.25, 0.3) is 5.69 Å². The van der Waals surface area contributed by atoms with Crippen LogP contribution in [0.15, 0.2) is 82.9 Å². The maximum Gasteiger partial charge on any atom is 0.255 e. The zero-order valence-corrected chi connectivity index (χ0v) is 22.2.